The van der Waals surface area contributed by atoms with Gasteiger partial charge in [0.15, 0.2) is 5.60 Å². The summed E-state index contributed by atoms with van der Waals surface area (Å²) in [6.45, 7) is 0. The van der Waals surface area contributed by atoms with Crippen molar-refractivity contribution in [2.75, 3.05) is 0 Å². The maximum absolute atomic E-state index is 10.9. The van der Waals surface area contributed by atoms with Crippen LogP contribution in [0.5, 0.6) is 0 Å². The summed E-state index contributed by atoms with van der Waals surface area (Å²) in [6.07, 6.45) is 4.47. The lowest BCUT2D eigenvalue weighted by molar-refractivity contribution is -0.252. The standard InChI is InChI=1S/C8H14O4/c9-7(12-11)8(10)5-3-1-2-4-6-8/h10-11H,1-6H2. The minimum absolute atomic E-state index is 0.395. The van der Waals surface area contributed by atoms with E-state index in [9.17, 15) is 9.90 Å². The van der Waals surface area contributed by atoms with Crippen molar-refractivity contribution in [3.63, 3.8) is 0 Å². The third-order valence-electron chi connectivity index (χ3n) is 2.39. The van der Waals surface area contributed by atoms with Gasteiger partial charge in [0.25, 0.3) is 0 Å². The average molecular weight is 174 g/mol. The molecule has 2 N–H and O–H groups in total. The van der Waals surface area contributed by atoms with Crippen LogP contribution in [0.3, 0.4) is 0 Å². The molecule has 1 saturated carbocycles. The molecule has 0 spiro atoms. The van der Waals surface area contributed by atoms with Crippen LogP contribution in [0.4, 0.5) is 0 Å². The Bertz CT molecular complexity index is 158. The van der Waals surface area contributed by atoms with Crippen molar-refractivity contribution < 1.29 is 20.0 Å². The number of carbonyl (C=O) groups is 1. The van der Waals surface area contributed by atoms with Crippen molar-refractivity contribution in [3.05, 3.63) is 0 Å². The van der Waals surface area contributed by atoms with Crippen molar-refractivity contribution in [1.29, 1.82) is 0 Å². The van der Waals surface area contributed by atoms with Crippen LogP contribution in [-0.4, -0.2) is 21.9 Å². The molecule has 0 saturated heterocycles. The molecule has 1 aliphatic carbocycles. The van der Waals surface area contributed by atoms with Gasteiger partial charge in [0.1, 0.15) is 0 Å². The second kappa shape index (κ2) is 3.87. The summed E-state index contributed by atoms with van der Waals surface area (Å²) < 4.78 is 0. The molecule has 70 valence electrons. The van der Waals surface area contributed by atoms with Gasteiger partial charge in [-0.15, -0.1) is 0 Å². The minimum Gasteiger partial charge on any atom is -0.378 e. The molecule has 0 bridgehead atoms. The van der Waals surface area contributed by atoms with Gasteiger partial charge in [-0.05, 0) is 25.7 Å². The molecule has 0 radical (unpaired) electrons. The summed E-state index contributed by atoms with van der Waals surface area (Å²) in [4.78, 5) is 14.5. The fourth-order valence-electron chi connectivity index (χ4n) is 1.60. The Hall–Kier alpha value is -0.610. The molecule has 0 aromatic rings. The molecule has 0 atom stereocenters. The van der Waals surface area contributed by atoms with Gasteiger partial charge in [0.05, 0.1) is 0 Å². The molecule has 0 aromatic heterocycles. The highest BCUT2D eigenvalue weighted by atomic mass is 17.1. The summed E-state index contributed by atoms with van der Waals surface area (Å²) in [5.74, 6) is -0.913. The van der Waals surface area contributed by atoms with Crippen LogP contribution >= 0.6 is 0 Å². The van der Waals surface area contributed by atoms with Crippen LogP contribution in [-0.2, 0) is 9.68 Å². The molecule has 0 aliphatic heterocycles. The molecular formula is C8H14O4. The molecule has 1 aliphatic rings. The number of hydrogen-bond acceptors (Lipinski definition) is 4. The lowest BCUT2D eigenvalue weighted by atomic mass is 9.95. The molecular weight excluding hydrogens is 160 g/mol. The summed E-state index contributed by atoms with van der Waals surface area (Å²) in [6, 6.07) is 0. The molecule has 12 heavy (non-hydrogen) atoms. The highest BCUT2D eigenvalue weighted by Gasteiger charge is 2.38. The fourth-order valence-corrected chi connectivity index (χ4v) is 1.60. The van der Waals surface area contributed by atoms with Crippen molar-refractivity contribution in [1.82, 2.24) is 0 Å². The van der Waals surface area contributed by atoms with Crippen LogP contribution in [0.2, 0.25) is 0 Å². The van der Waals surface area contributed by atoms with E-state index in [0.717, 1.165) is 25.7 Å². The summed E-state index contributed by atoms with van der Waals surface area (Å²) in [5.41, 5.74) is -1.44. The zero-order valence-corrected chi connectivity index (χ0v) is 6.95. The molecule has 0 heterocycles. The third kappa shape index (κ3) is 1.95. The smallest absolute Gasteiger partial charge is 0.373 e. The van der Waals surface area contributed by atoms with Crippen LogP contribution in [0.25, 0.3) is 0 Å². The van der Waals surface area contributed by atoms with E-state index in [0.29, 0.717) is 12.8 Å². The first kappa shape index (κ1) is 9.48. The van der Waals surface area contributed by atoms with Crippen LogP contribution < -0.4 is 0 Å². The molecule has 0 aromatic carbocycles. The summed E-state index contributed by atoms with van der Waals surface area (Å²) in [5, 5.41) is 17.8. The number of rotatable bonds is 1. The Balaban J connectivity index is 2.59. The first-order valence-corrected chi connectivity index (χ1v) is 4.27. The number of hydrogen-bond donors (Lipinski definition) is 2. The van der Waals surface area contributed by atoms with Gasteiger partial charge in [-0.3, -0.25) is 4.89 Å². The normalized spacial score (nSPS) is 22.8. The first-order chi connectivity index (χ1) is 5.69. The minimum atomic E-state index is -1.44. The Labute approximate surface area is 71.1 Å². The van der Waals surface area contributed by atoms with E-state index in [4.69, 9.17) is 5.26 Å². The predicted octanol–water partition coefficient (Wildman–Crippen LogP) is 1.09. The lowest BCUT2D eigenvalue weighted by Gasteiger charge is -2.21. The van der Waals surface area contributed by atoms with Crippen LogP contribution in [0.1, 0.15) is 38.5 Å². The molecule has 0 unspecified atom stereocenters. The maximum Gasteiger partial charge on any atom is 0.373 e. The van der Waals surface area contributed by atoms with E-state index in [-0.39, 0.29) is 0 Å². The van der Waals surface area contributed by atoms with Crippen molar-refractivity contribution in [3.8, 4) is 0 Å². The van der Waals surface area contributed by atoms with Crippen LogP contribution in [0.15, 0.2) is 0 Å². The van der Waals surface area contributed by atoms with Gasteiger partial charge < -0.3 is 5.11 Å². The monoisotopic (exact) mass is 174 g/mol. The quantitative estimate of drug-likeness (QED) is 0.354. The predicted molar refractivity (Wildman–Crippen MR) is 41.4 cm³/mol. The molecule has 0 amide bonds. The van der Waals surface area contributed by atoms with Crippen molar-refractivity contribution >= 4 is 5.97 Å². The summed E-state index contributed by atoms with van der Waals surface area (Å²) in [7, 11) is 0. The Morgan fingerprint density at radius 1 is 1.17 bits per heavy atom. The Kier molecular flexibility index (Phi) is 3.05. The van der Waals surface area contributed by atoms with E-state index < -0.39 is 11.6 Å². The van der Waals surface area contributed by atoms with Crippen molar-refractivity contribution in [2.24, 2.45) is 0 Å². The summed E-state index contributed by atoms with van der Waals surface area (Å²) >= 11 is 0. The lowest BCUT2D eigenvalue weighted by Crippen LogP contribution is -2.39. The second-order valence-corrected chi connectivity index (χ2v) is 3.32. The van der Waals surface area contributed by atoms with Gasteiger partial charge in [-0.1, -0.05) is 12.8 Å². The van der Waals surface area contributed by atoms with E-state index in [1.54, 1.807) is 0 Å². The molecule has 4 heteroatoms. The second-order valence-electron chi connectivity index (χ2n) is 3.32. The Morgan fingerprint density at radius 3 is 2.08 bits per heavy atom. The van der Waals surface area contributed by atoms with Crippen LogP contribution in [0, 0.1) is 0 Å². The van der Waals surface area contributed by atoms with Crippen molar-refractivity contribution in [2.45, 2.75) is 44.1 Å². The van der Waals surface area contributed by atoms with Gasteiger partial charge in [-0.25, -0.2) is 4.79 Å². The zero-order valence-electron chi connectivity index (χ0n) is 6.95. The SMILES string of the molecule is O=C(OO)C1(O)CCCCCC1. The Morgan fingerprint density at radius 2 is 1.67 bits per heavy atom. The topological polar surface area (TPSA) is 66.8 Å². The van der Waals surface area contributed by atoms with E-state index in [1.165, 1.54) is 0 Å². The van der Waals surface area contributed by atoms with E-state index in [1.807, 2.05) is 0 Å². The highest BCUT2D eigenvalue weighted by molar-refractivity contribution is 5.78. The van der Waals surface area contributed by atoms with Gasteiger partial charge >= 0.3 is 5.97 Å². The molecule has 4 nitrogen and oxygen atoms in total. The maximum atomic E-state index is 10.9. The zero-order chi connectivity index (χ0) is 9.03. The number of carbonyl (C=O) groups excluding carboxylic acids is 1. The van der Waals surface area contributed by atoms with E-state index in [2.05, 4.69) is 4.89 Å². The van der Waals surface area contributed by atoms with E-state index >= 15 is 0 Å². The van der Waals surface area contributed by atoms with Gasteiger partial charge in [-0.2, -0.15) is 5.26 Å². The first-order valence-electron chi connectivity index (χ1n) is 4.27. The van der Waals surface area contributed by atoms with Gasteiger partial charge in [0, 0.05) is 0 Å². The van der Waals surface area contributed by atoms with Gasteiger partial charge in [0.2, 0.25) is 0 Å². The average Bonchev–Trinajstić information content (AvgIpc) is 2.29. The third-order valence-corrected chi connectivity index (χ3v) is 2.39. The highest BCUT2D eigenvalue weighted by Crippen LogP contribution is 2.27. The molecule has 1 rings (SSSR count). The molecule has 1 fully saturated rings. The number of aliphatic hydroxyl groups is 1. The largest absolute Gasteiger partial charge is 0.378 e. The fraction of sp³-hybridized carbons (Fsp3) is 0.875.